The highest BCUT2D eigenvalue weighted by atomic mass is 35.5. The van der Waals surface area contributed by atoms with E-state index in [-0.39, 0.29) is 23.9 Å². The summed E-state index contributed by atoms with van der Waals surface area (Å²) in [6.07, 6.45) is 2.38. The lowest BCUT2D eigenvalue weighted by Crippen LogP contribution is -2.49. The quantitative estimate of drug-likeness (QED) is 0.904. The fraction of sp³-hybridized carbons (Fsp3) is 0.600. The predicted octanol–water partition coefficient (Wildman–Crippen LogP) is 0.955. The third-order valence-electron chi connectivity index (χ3n) is 4.43. The van der Waals surface area contributed by atoms with Crippen molar-refractivity contribution < 1.29 is 4.79 Å². The van der Waals surface area contributed by atoms with Crippen LogP contribution < -0.4 is 11.3 Å². The Morgan fingerprint density at radius 1 is 1.29 bits per heavy atom. The SMILES string of the molecule is Cl.NCCCC(=O)N1C[C@H]2C[C@H](C1)c1cccc(=O)n1C2. The van der Waals surface area contributed by atoms with Crippen molar-refractivity contribution in [3.8, 4) is 0 Å². The van der Waals surface area contributed by atoms with Gasteiger partial charge in [-0.25, -0.2) is 0 Å². The van der Waals surface area contributed by atoms with Crippen LogP contribution in [-0.2, 0) is 11.3 Å². The lowest BCUT2D eigenvalue weighted by molar-refractivity contribution is -0.134. The highest BCUT2D eigenvalue weighted by Gasteiger charge is 2.35. The number of amides is 1. The number of nitrogens with zero attached hydrogens (tertiary/aromatic N) is 2. The second kappa shape index (κ2) is 6.62. The maximum absolute atomic E-state index is 12.2. The summed E-state index contributed by atoms with van der Waals surface area (Å²) < 4.78 is 1.89. The van der Waals surface area contributed by atoms with E-state index in [1.54, 1.807) is 6.07 Å². The molecule has 5 nitrogen and oxygen atoms in total. The van der Waals surface area contributed by atoms with Crippen LogP contribution in [0.2, 0.25) is 0 Å². The van der Waals surface area contributed by atoms with E-state index in [9.17, 15) is 9.59 Å². The normalized spacial score (nSPS) is 23.2. The first-order valence-electron chi connectivity index (χ1n) is 7.36. The molecule has 21 heavy (non-hydrogen) atoms. The van der Waals surface area contributed by atoms with Crippen molar-refractivity contribution in [2.24, 2.45) is 11.7 Å². The zero-order valence-electron chi connectivity index (χ0n) is 12.0. The molecule has 1 fully saturated rings. The Labute approximate surface area is 130 Å². The third kappa shape index (κ3) is 3.14. The number of carbonyl (C=O) groups excluding carboxylic acids is 1. The second-order valence-corrected chi connectivity index (χ2v) is 5.89. The number of aromatic nitrogens is 1. The van der Waals surface area contributed by atoms with E-state index in [1.165, 1.54) is 0 Å². The summed E-state index contributed by atoms with van der Waals surface area (Å²) in [5.74, 6) is 0.915. The molecule has 3 rings (SSSR count). The number of halogens is 1. The molecule has 2 atom stereocenters. The first-order valence-corrected chi connectivity index (χ1v) is 7.36. The molecule has 2 aliphatic rings. The highest BCUT2D eigenvalue weighted by molar-refractivity contribution is 5.85. The lowest BCUT2D eigenvalue weighted by Gasteiger charge is -2.42. The largest absolute Gasteiger partial charge is 0.342 e. The van der Waals surface area contributed by atoms with Gasteiger partial charge in [0.15, 0.2) is 0 Å². The van der Waals surface area contributed by atoms with Crippen molar-refractivity contribution in [3.63, 3.8) is 0 Å². The molecule has 0 aliphatic carbocycles. The molecule has 0 unspecified atom stereocenters. The zero-order valence-corrected chi connectivity index (χ0v) is 12.8. The van der Waals surface area contributed by atoms with Gasteiger partial charge in [-0.3, -0.25) is 9.59 Å². The molecular formula is C15H22ClN3O2. The number of carbonyl (C=O) groups is 1. The van der Waals surface area contributed by atoms with Gasteiger partial charge in [-0.15, -0.1) is 12.4 Å². The van der Waals surface area contributed by atoms with Crippen LogP contribution in [0, 0.1) is 5.92 Å². The summed E-state index contributed by atoms with van der Waals surface area (Å²) >= 11 is 0. The van der Waals surface area contributed by atoms with Crippen LogP contribution in [0.5, 0.6) is 0 Å². The number of rotatable bonds is 3. The standard InChI is InChI=1S/C15H21N3O2.ClH/c16-6-2-5-14(19)17-8-11-7-12(10-17)13-3-1-4-15(20)18(13)9-11;/h1,3-4,11-12H,2,5-10,16H2;1H/t11-,12-;/m1./s1. The molecule has 2 aliphatic heterocycles. The maximum atomic E-state index is 12.2. The van der Waals surface area contributed by atoms with Crippen molar-refractivity contribution in [2.75, 3.05) is 19.6 Å². The van der Waals surface area contributed by atoms with Gasteiger partial charge in [0, 0.05) is 43.7 Å². The summed E-state index contributed by atoms with van der Waals surface area (Å²) in [5.41, 5.74) is 6.64. The molecule has 2 N–H and O–H groups in total. The number of piperidine rings is 1. The second-order valence-electron chi connectivity index (χ2n) is 5.89. The van der Waals surface area contributed by atoms with Gasteiger partial charge in [0.05, 0.1) is 0 Å². The molecule has 2 bridgehead atoms. The van der Waals surface area contributed by atoms with Crippen LogP contribution in [0.1, 0.15) is 30.9 Å². The van der Waals surface area contributed by atoms with Gasteiger partial charge < -0.3 is 15.2 Å². The highest BCUT2D eigenvalue weighted by Crippen LogP contribution is 2.35. The molecule has 0 radical (unpaired) electrons. The van der Waals surface area contributed by atoms with Gasteiger partial charge in [0.2, 0.25) is 5.91 Å². The Morgan fingerprint density at radius 2 is 2.10 bits per heavy atom. The van der Waals surface area contributed by atoms with Crippen LogP contribution in [-0.4, -0.2) is 35.0 Å². The van der Waals surface area contributed by atoms with E-state index in [0.717, 1.165) is 38.2 Å². The molecule has 6 heteroatoms. The summed E-state index contributed by atoms with van der Waals surface area (Å²) in [5, 5.41) is 0. The van der Waals surface area contributed by atoms with E-state index < -0.39 is 0 Å². The van der Waals surface area contributed by atoms with Crippen LogP contribution >= 0.6 is 12.4 Å². The number of hydrogen-bond acceptors (Lipinski definition) is 3. The molecule has 3 heterocycles. The van der Waals surface area contributed by atoms with Gasteiger partial charge in [-0.2, -0.15) is 0 Å². The van der Waals surface area contributed by atoms with Crippen LogP contribution in [0.4, 0.5) is 0 Å². The summed E-state index contributed by atoms with van der Waals surface area (Å²) in [4.78, 5) is 26.1. The minimum Gasteiger partial charge on any atom is -0.342 e. The third-order valence-corrected chi connectivity index (χ3v) is 4.43. The minimum atomic E-state index is 0. The number of fused-ring (bicyclic) bond motifs is 4. The predicted molar refractivity (Wildman–Crippen MR) is 83.7 cm³/mol. The van der Waals surface area contributed by atoms with Crippen molar-refractivity contribution in [1.82, 2.24) is 9.47 Å². The number of pyridine rings is 1. The first-order chi connectivity index (χ1) is 9.69. The number of likely N-dealkylation sites (tertiary alicyclic amines) is 1. The number of nitrogens with two attached hydrogens (primary N) is 1. The van der Waals surface area contributed by atoms with Gasteiger partial charge >= 0.3 is 0 Å². The average molecular weight is 312 g/mol. The Kier molecular flexibility index (Phi) is 5.06. The van der Waals surface area contributed by atoms with Crippen LogP contribution in [0.15, 0.2) is 23.0 Å². The fourth-order valence-electron chi connectivity index (χ4n) is 3.51. The van der Waals surface area contributed by atoms with Gasteiger partial charge in [0.25, 0.3) is 5.56 Å². The Balaban J connectivity index is 0.00000161. The summed E-state index contributed by atoms with van der Waals surface area (Å²) in [6, 6.07) is 5.47. The van der Waals surface area contributed by atoms with E-state index in [1.807, 2.05) is 21.6 Å². The zero-order chi connectivity index (χ0) is 14.1. The topological polar surface area (TPSA) is 68.3 Å². The number of hydrogen-bond donors (Lipinski definition) is 1. The molecule has 1 aromatic rings. The van der Waals surface area contributed by atoms with Gasteiger partial charge in [0.1, 0.15) is 0 Å². The fourth-order valence-corrected chi connectivity index (χ4v) is 3.51. The Hall–Kier alpha value is -1.33. The molecule has 0 spiro atoms. The summed E-state index contributed by atoms with van der Waals surface area (Å²) in [7, 11) is 0. The van der Waals surface area contributed by atoms with Crippen LogP contribution in [0.25, 0.3) is 0 Å². The molecule has 0 saturated carbocycles. The molecule has 1 amide bonds. The van der Waals surface area contributed by atoms with E-state index in [0.29, 0.717) is 24.8 Å². The monoisotopic (exact) mass is 311 g/mol. The molecular weight excluding hydrogens is 290 g/mol. The maximum Gasteiger partial charge on any atom is 0.250 e. The smallest absolute Gasteiger partial charge is 0.250 e. The van der Waals surface area contributed by atoms with Crippen LogP contribution in [0.3, 0.4) is 0 Å². The molecule has 0 aromatic carbocycles. The molecule has 1 aromatic heterocycles. The van der Waals surface area contributed by atoms with Gasteiger partial charge in [-0.1, -0.05) is 6.07 Å². The van der Waals surface area contributed by atoms with Crippen molar-refractivity contribution in [3.05, 3.63) is 34.2 Å². The van der Waals surface area contributed by atoms with Crippen molar-refractivity contribution in [1.29, 1.82) is 0 Å². The van der Waals surface area contributed by atoms with E-state index in [4.69, 9.17) is 5.73 Å². The average Bonchev–Trinajstić information content (AvgIpc) is 2.46. The Morgan fingerprint density at radius 3 is 2.86 bits per heavy atom. The summed E-state index contributed by atoms with van der Waals surface area (Å²) in [6.45, 7) is 2.82. The van der Waals surface area contributed by atoms with Crippen molar-refractivity contribution >= 4 is 18.3 Å². The lowest BCUT2D eigenvalue weighted by atomic mass is 9.83. The van der Waals surface area contributed by atoms with Crippen molar-refractivity contribution in [2.45, 2.75) is 31.7 Å². The molecule has 116 valence electrons. The van der Waals surface area contributed by atoms with Gasteiger partial charge in [-0.05, 0) is 31.4 Å². The van der Waals surface area contributed by atoms with E-state index >= 15 is 0 Å². The first kappa shape index (κ1) is 16.0. The van der Waals surface area contributed by atoms with E-state index in [2.05, 4.69) is 0 Å². The minimum absolute atomic E-state index is 0. The molecule has 1 saturated heterocycles. The Bertz CT molecular complexity index is 572.